The maximum Gasteiger partial charge on any atom is 0.128 e. The maximum absolute atomic E-state index is 6.10. The Morgan fingerprint density at radius 2 is 2.29 bits per heavy atom. The van der Waals surface area contributed by atoms with Gasteiger partial charge in [-0.3, -0.25) is 0 Å². The molecular weight excluding hydrogens is 302 g/mol. The first-order valence-corrected chi connectivity index (χ1v) is 6.56. The molecule has 0 unspecified atom stereocenters. The van der Waals surface area contributed by atoms with Gasteiger partial charge in [-0.15, -0.1) is 0 Å². The molecule has 1 N–H and O–H groups in total. The van der Waals surface area contributed by atoms with Crippen LogP contribution >= 0.6 is 27.5 Å². The van der Waals surface area contributed by atoms with Crippen molar-refractivity contribution in [1.29, 1.82) is 0 Å². The Morgan fingerprint density at radius 3 is 3.06 bits per heavy atom. The van der Waals surface area contributed by atoms with Crippen LogP contribution in [0.2, 0.25) is 5.02 Å². The van der Waals surface area contributed by atoms with Crippen molar-refractivity contribution >= 4 is 33.2 Å². The van der Waals surface area contributed by atoms with Crippen LogP contribution in [0.1, 0.15) is 12.7 Å². The molecule has 0 saturated heterocycles. The molecule has 1 heterocycles. The third-order valence-corrected chi connectivity index (χ3v) is 3.33. The molecule has 0 amide bonds. The van der Waals surface area contributed by atoms with Crippen molar-refractivity contribution < 1.29 is 0 Å². The van der Waals surface area contributed by atoms with Gasteiger partial charge < -0.3 is 9.88 Å². The molecule has 0 aliphatic carbocycles. The van der Waals surface area contributed by atoms with Crippen LogP contribution in [-0.4, -0.2) is 9.55 Å². The predicted octanol–water partition coefficient (Wildman–Crippen LogP) is 3.93. The third kappa shape index (κ3) is 3.01. The molecule has 0 aliphatic heterocycles. The predicted molar refractivity (Wildman–Crippen MR) is 74.4 cm³/mol. The number of aryl methyl sites for hydroxylation is 1. The summed E-state index contributed by atoms with van der Waals surface area (Å²) in [6, 6.07) is 5.74. The Morgan fingerprint density at radius 1 is 1.47 bits per heavy atom. The van der Waals surface area contributed by atoms with Crippen molar-refractivity contribution in [2.45, 2.75) is 20.0 Å². The zero-order valence-corrected chi connectivity index (χ0v) is 11.8. The average Bonchev–Trinajstić information content (AvgIpc) is 2.77. The standard InChI is InChI=1S/C12H13BrClN3/c1-2-17-6-5-15-12(17)8-16-11-7-9(13)3-4-10(11)14/h3-7,16H,2,8H2,1H3. The number of aromatic nitrogens is 2. The van der Waals surface area contributed by atoms with E-state index in [1.807, 2.05) is 30.6 Å². The largest absolute Gasteiger partial charge is 0.377 e. The quantitative estimate of drug-likeness (QED) is 0.926. The molecule has 0 aliphatic rings. The minimum Gasteiger partial charge on any atom is -0.377 e. The van der Waals surface area contributed by atoms with E-state index in [0.29, 0.717) is 11.6 Å². The van der Waals surface area contributed by atoms with Crippen LogP contribution in [0.15, 0.2) is 35.1 Å². The summed E-state index contributed by atoms with van der Waals surface area (Å²) < 4.78 is 3.10. The lowest BCUT2D eigenvalue weighted by molar-refractivity contribution is 0.708. The van der Waals surface area contributed by atoms with E-state index in [1.165, 1.54) is 0 Å². The SMILES string of the molecule is CCn1ccnc1CNc1cc(Br)ccc1Cl. The number of hydrogen-bond acceptors (Lipinski definition) is 2. The van der Waals surface area contributed by atoms with Crippen molar-refractivity contribution in [3.63, 3.8) is 0 Å². The molecule has 0 bridgehead atoms. The van der Waals surface area contributed by atoms with E-state index in [4.69, 9.17) is 11.6 Å². The van der Waals surface area contributed by atoms with Crippen LogP contribution in [0.4, 0.5) is 5.69 Å². The number of benzene rings is 1. The van der Waals surface area contributed by atoms with Crippen molar-refractivity contribution in [1.82, 2.24) is 9.55 Å². The van der Waals surface area contributed by atoms with E-state index in [0.717, 1.165) is 22.5 Å². The Kier molecular flexibility index (Phi) is 4.07. The van der Waals surface area contributed by atoms with Gasteiger partial charge in [0.1, 0.15) is 5.82 Å². The van der Waals surface area contributed by atoms with Crippen LogP contribution in [0.25, 0.3) is 0 Å². The fourth-order valence-corrected chi connectivity index (χ4v) is 2.15. The summed E-state index contributed by atoms with van der Waals surface area (Å²) >= 11 is 9.52. The second-order valence-corrected chi connectivity index (χ2v) is 4.93. The first-order chi connectivity index (χ1) is 8.20. The van der Waals surface area contributed by atoms with Gasteiger partial charge in [-0.2, -0.15) is 0 Å². The third-order valence-electron chi connectivity index (χ3n) is 2.51. The van der Waals surface area contributed by atoms with E-state index < -0.39 is 0 Å². The highest BCUT2D eigenvalue weighted by Gasteiger charge is 2.04. The summed E-state index contributed by atoms with van der Waals surface area (Å²) in [7, 11) is 0. The Bertz CT molecular complexity index is 510. The van der Waals surface area contributed by atoms with Crippen molar-refractivity contribution in [2.75, 3.05) is 5.32 Å². The fraction of sp³-hybridized carbons (Fsp3) is 0.250. The summed E-state index contributed by atoms with van der Waals surface area (Å²) in [6.45, 7) is 3.68. The first kappa shape index (κ1) is 12.5. The van der Waals surface area contributed by atoms with Crippen LogP contribution in [0, 0.1) is 0 Å². The summed E-state index contributed by atoms with van der Waals surface area (Å²) in [5.41, 5.74) is 0.909. The number of hydrogen-bond donors (Lipinski definition) is 1. The zero-order chi connectivity index (χ0) is 12.3. The van der Waals surface area contributed by atoms with E-state index in [2.05, 4.69) is 37.7 Å². The maximum atomic E-state index is 6.10. The number of imidazole rings is 1. The smallest absolute Gasteiger partial charge is 0.128 e. The van der Waals surface area contributed by atoms with Crippen molar-refractivity contribution in [3.8, 4) is 0 Å². The van der Waals surface area contributed by atoms with Crippen molar-refractivity contribution in [2.24, 2.45) is 0 Å². The fourth-order valence-electron chi connectivity index (χ4n) is 1.60. The van der Waals surface area contributed by atoms with E-state index in [1.54, 1.807) is 0 Å². The second kappa shape index (κ2) is 5.56. The second-order valence-electron chi connectivity index (χ2n) is 3.61. The van der Waals surface area contributed by atoms with Gasteiger partial charge in [0.25, 0.3) is 0 Å². The number of nitrogens with zero attached hydrogens (tertiary/aromatic N) is 2. The molecule has 0 saturated carbocycles. The lowest BCUT2D eigenvalue weighted by Crippen LogP contribution is -2.07. The van der Waals surface area contributed by atoms with Crippen LogP contribution in [-0.2, 0) is 13.1 Å². The van der Waals surface area contributed by atoms with Crippen LogP contribution in [0.5, 0.6) is 0 Å². The van der Waals surface area contributed by atoms with Gasteiger partial charge in [0.05, 0.1) is 17.3 Å². The minimum absolute atomic E-state index is 0.664. The monoisotopic (exact) mass is 313 g/mol. The molecule has 17 heavy (non-hydrogen) atoms. The Hall–Kier alpha value is -1.000. The molecule has 0 spiro atoms. The lowest BCUT2D eigenvalue weighted by atomic mass is 10.3. The molecule has 0 fully saturated rings. The summed E-state index contributed by atoms with van der Waals surface area (Å²) in [5, 5.41) is 4.00. The molecule has 2 aromatic rings. The topological polar surface area (TPSA) is 29.9 Å². The van der Waals surface area contributed by atoms with Gasteiger partial charge in [0, 0.05) is 23.4 Å². The van der Waals surface area contributed by atoms with Gasteiger partial charge in [0.15, 0.2) is 0 Å². The summed E-state index contributed by atoms with van der Waals surface area (Å²) in [4.78, 5) is 4.30. The van der Waals surface area contributed by atoms with E-state index in [-0.39, 0.29) is 0 Å². The number of nitrogens with one attached hydrogen (secondary N) is 1. The summed E-state index contributed by atoms with van der Waals surface area (Å²) in [5.74, 6) is 1.00. The number of rotatable bonds is 4. The van der Waals surface area contributed by atoms with Gasteiger partial charge in [-0.25, -0.2) is 4.98 Å². The molecule has 1 aromatic heterocycles. The number of halogens is 2. The van der Waals surface area contributed by atoms with Gasteiger partial charge in [-0.1, -0.05) is 27.5 Å². The molecule has 3 nitrogen and oxygen atoms in total. The molecular formula is C12H13BrClN3. The Labute approximate surface area is 114 Å². The van der Waals surface area contributed by atoms with Crippen molar-refractivity contribution in [3.05, 3.63) is 45.9 Å². The molecule has 0 radical (unpaired) electrons. The van der Waals surface area contributed by atoms with Gasteiger partial charge in [0.2, 0.25) is 0 Å². The molecule has 2 rings (SSSR count). The highest BCUT2D eigenvalue weighted by molar-refractivity contribution is 9.10. The molecule has 1 aromatic carbocycles. The van der Waals surface area contributed by atoms with Crippen LogP contribution in [0.3, 0.4) is 0 Å². The zero-order valence-electron chi connectivity index (χ0n) is 9.45. The molecule has 0 atom stereocenters. The summed E-state index contributed by atoms with van der Waals surface area (Å²) in [6.07, 6.45) is 3.78. The normalized spacial score (nSPS) is 10.5. The van der Waals surface area contributed by atoms with E-state index in [9.17, 15) is 0 Å². The van der Waals surface area contributed by atoms with E-state index >= 15 is 0 Å². The highest BCUT2D eigenvalue weighted by atomic mass is 79.9. The van der Waals surface area contributed by atoms with Gasteiger partial charge in [-0.05, 0) is 25.1 Å². The highest BCUT2D eigenvalue weighted by Crippen LogP contribution is 2.25. The Balaban J connectivity index is 2.09. The first-order valence-electron chi connectivity index (χ1n) is 5.39. The molecule has 5 heteroatoms. The molecule has 90 valence electrons. The number of anilines is 1. The van der Waals surface area contributed by atoms with Crippen LogP contribution < -0.4 is 5.32 Å². The van der Waals surface area contributed by atoms with Gasteiger partial charge >= 0.3 is 0 Å². The average molecular weight is 315 g/mol. The lowest BCUT2D eigenvalue weighted by Gasteiger charge is -2.09. The minimum atomic E-state index is 0.664.